The summed E-state index contributed by atoms with van der Waals surface area (Å²) in [6.45, 7) is 7.64. The van der Waals surface area contributed by atoms with Crippen molar-refractivity contribution < 1.29 is 5.11 Å². The molecular formula is C17H34N2O. The molecule has 0 saturated carbocycles. The fraction of sp³-hybridized carbons (Fsp3) is 1.00. The largest absolute Gasteiger partial charge is 0.396 e. The fourth-order valence-electron chi connectivity index (χ4n) is 4.09. The zero-order valence-electron chi connectivity index (χ0n) is 13.3. The summed E-state index contributed by atoms with van der Waals surface area (Å²) in [4.78, 5) is 2.78. The molecular weight excluding hydrogens is 248 g/mol. The van der Waals surface area contributed by atoms with Gasteiger partial charge in [0.05, 0.1) is 0 Å². The van der Waals surface area contributed by atoms with Crippen LogP contribution >= 0.6 is 0 Å². The van der Waals surface area contributed by atoms with Crippen molar-refractivity contribution in [2.24, 2.45) is 11.8 Å². The van der Waals surface area contributed by atoms with Crippen molar-refractivity contribution in [3.63, 3.8) is 0 Å². The molecule has 0 aromatic rings. The maximum absolute atomic E-state index is 9.09. The minimum absolute atomic E-state index is 0.372. The molecule has 2 heterocycles. The van der Waals surface area contributed by atoms with E-state index in [2.05, 4.69) is 17.1 Å². The lowest BCUT2D eigenvalue weighted by Crippen LogP contribution is -2.49. The second-order valence-corrected chi connectivity index (χ2v) is 6.81. The first kappa shape index (κ1) is 16.3. The van der Waals surface area contributed by atoms with Crippen LogP contribution < -0.4 is 5.32 Å². The van der Waals surface area contributed by atoms with E-state index in [0.29, 0.717) is 6.61 Å². The quantitative estimate of drug-likeness (QED) is 0.753. The first-order chi connectivity index (χ1) is 9.85. The van der Waals surface area contributed by atoms with Crippen LogP contribution in [-0.2, 0) is 0 Å². The Morgan fingerprint density at radius 3 is 2.65 bits per heavy atom. The van der Waals surface area contributed by atoms with Crippen molar-refractivity contribution >= 4 is 0 Å². The van der Waals surface area contributed by atoms with E-state index in [1.54, 1.807) is 0 Å². The molecule has 0 aromatic carbocycles. The first-order valence-corrected chi connectivity index (χ1v) is 8.90. The second-order valence-electron chi connectivity index (χ2n) is 6.81. The zero-order valence-corrected chi connectivity index (χ0v) is 13.3. The number of likely N-dealkylation sites (tertiary alicyclic amines) is 1. The molecule has 3 nitrogen and oxygen atoms in total. The molecule has 0 spiro atoms. The van der Waals surface area contributed by atoms with Crippen molar-refractivity contribution in [3.05, 3.63) is 0 Å². The maximum Gasteiger partial charge on any atom is 0.0433 e. The molecule has 0 bridgehead atoms. The molecule has 0 aromatic heterocycles. The Labute approximate surface area is 125 Å². The number of hydrogen-bond donors (Lipinski definition) is 2. The summed E-state index contributed by atoms with van der Waals surface area (Å²) in [5.41, 5.74) is 0. The highest BCUT2D eigenvalue weighted by molar-refractivity contribution is 4.86. The third-order valence-corrected chi connectivity index (χ3v) is 5.39. The molecule has 0 amide bonds. The summed E-state index contributed by atoms with van der Waals surface area (Å²) in [6.07, 6.45) is 10.4. The van der Waals surface area contributed by atoms with Gasteiger partial charge in [0.1, 0.15) is 0 Å². The van der Waals surface area contributed by atoms with Crippen LogP contribution in [0.5, 0.6) is 0 Å². The topological polar surface area (TPSA) is 35.5 Å². The lowest BCUT2D eigenvalue weighted by Gasteiger charge is -2.42. The Balaban J connectivity index is 1.86. The van der Waals surface area contributed by atoms with Gasteiger partial charge in [-0.2, -0.15) is 0 Å². The number of unbranched alkanes of at least 4 members (excludes halogenated alkanes) is 1. The van der Waals surface area contributed by atoms with Crippen LogP contribution in [0.25, 0.3) is 0 Å². The minimum Gasteiger partial charge on any atom is -0.396 e. The van der Waals surface area contributed by atoms with Crippen LogP contribution in [0.3, 0.4) is 0 Å². The van der Waals surface area contributed by atoms with Crippen LogP contribution in [0.4, 0.5) is 0 Å². The van der Waals surface area contributed by atoms with E-state index in [-0.39, 0.29) is 0 Å². The monoisotopic (exact) mass is 282 g/mol. The lowest BCUT2D eigenvalue weighted by atomic mass is 9.85. The standard InChI is InChI=1S/C17H34N2O/c1-2-3-6-17(16-5-4-10-18-14-16)19-11-7-15(8-12-19)9-13-20/h15-18,20H,2-14H2,1H3. The first-order valence-electron chi connectivity index (χ1n) is 8.90. The smallest absolute Gasteiger partial charge is 0.0433 e. The maximum atomic E-state index is 9.09. The van der Waals surface area contributed by atoms with Gasteiger partial charge in [0.15, 0.2) is 0 Å². The van der Waals surface area contributed by atoms with E-state index in [1.807, 2.05) is 0 Å². The SMILES string of the molecule is CCCCC(C1CCCNC1)N1CCC(CCO)CC1. The van der Waals surface area contributed by atoms with Crippen LogP contribution in [0.1, 0.15) is 58.3 Å². The average molecular weight is 282 g/mol. The van der Waals surface area contributed by atoms with Gasteiger partial charge in [0, 0.05) is 12.6 Å². The molecule has 0 radical (unpaired) electrons. The molecule has 2 unspecified atom stereocenters. The fourth-order valence-corrected chi connectivity index (χ4v) is 4.09. The summed E-state index contributed by atoms with van der Waals surface area (Å²) in [7, 11) is 0. The highest BCUT2D eigenvalue weighted by Gasteiger charge is 2.30. The van der Waals surface area contributed by atoms with Crippen LogP contribution in [-0.4, -0.2) is 48.8 Å². The second kappa shape index (κ2) is 9.01. The number of nitrogens with zero attached hydrogens (tertiary/aromatic N) is 1. The Hall–Kier alpha value is -0.120. The Morgan fingerprint density at radius 1 is 1.25 bits per heavy atom. The average Bonchev–Trinajstić information content (AvgIpc) is 2.51. The molecule has 2 saturated heterocycles. The number of aliphatic hydroxyl groups is 1. The van der Waals surface area contributed by atoms with Crippen molar-refractivity contribution in [1.29, 1.82) is 0 Å². The molecule has 0 aliphatic carbocycles. The number of aliphatic hydroxyl groups excluding tert-OH is 1. The number of nitrogens with one attached hydrogen (secondary N) is 1. The van der Waals surface area contributed by atoms with E-state index in [0.717, 1.165) is 24.3 Å². The molecule has 2 rings (SSSR count). The summed E-state index contributed by atoms with van der Waals surface area (Å²) < 4.78 is 0. The van der Waals surface area contributed by atoms with Gasteiger partial charge in [-0.25, -0.2) is 0 Å². The van der Waals surface area contributed by atoms with E-state index in [1.165, 1.54) is 71.1 Å². The van der Waals surface area contributed by atoms with E-state index >= 15 is 0 Å². The Morgan fingerprint density at radius 2 is 2.05 bits per heavy atom. The van der Waals surface area contributed by atoms with E-state index in [9.17, 15) is 0 Å². The van der Waals surface area contributed by atoms with Crippen molar-refractivity contribution in [1.82, 2.24) is 10.2 Å². The summed E-state index contributed by atoms with van der Waals surface area (Å²) >= 11 is 0. The zero-order chi connectivity index (χ0) is 14.2. The normalized spacial score (nSPS) is 27.6. The van der Waals surface area contributed by atoms with Gasteiger partial charge in [-0.3, -0.25) is 0 Å². The van der Waals surface area contributed by atoms with Gasteiger partial charge in [-0.05, 0) is 76.5 Å². The molecule has 118 valence electrons. The van der Waals surface area contributed by atoms with Gasteiger partial charge in [-0.1, -0.05) is 19.8 Å². The molecule has 2 atom stereocenters. The summed E-state index contributed by atoms with van der Waals surface area (Å²) in [5, 5.41) is 12.7. The van der Waals surface area contributed by atoms with Crippen molar-refractivity contribution in [3.8, 4) is 0 Å². The summed E-state index contributed by atoms with van der Waals surface area (Å²) in [5.74, 6) is 1.64. The number of hydrogen-bond acceptors (Lipinski definition) is 3. The van der Waals surface area contributed by atoms with Crippen molar-refractivity contribution in [2.45, 2.75) is 64.3 Å². The van der Waals surface area contributed by atoms with Crippen LogP contribution in [0.15, 0.2) is 0 Å². The summed E-state index contributed by atoms with van der Waals surface area (Å²) in [6, 6.07) is 0.804. The number of piperidine rings is 2. The Bertz CT molecular complexity index is 245. The van der Waals surface area contributed by atoms with Gasteiger partial charge in [0.25, 0.3) is 0 Å². The molecule has 20 heavy (non-hydrogen) atoms. The molecule has 2 N–H and O–H groups in total. The molecule has 3 heteroatoms. The highest BCUT2D eigenvalue weighted by Crippen LogP contribution is 2.28. The van der Waals surface area contributed by atoms with Gasteiger partial charge in [0.2, 0.25) is 0 Å². The molecule has 2 fully saturated rings. The van der Waals surface area contributed by atoms with Gasteiger partial charge in [-0.15, -0.1) is 0 Å². The number of rotatable bonds is 7. The lowest BCUT2D eigenvalue weighted by molar-refractivity contribution is 0.0707. The highest BCUT2D eigenvalue weighted by atomic mass is 16.3. The van der Waals surface area contributed by atoms with Crippen molar-refractivity contribution in [2.75, 3.05) is 32.8 Å². The third kappa shape index (κ3) is 4.71. The van der Waals surface area contributed by atoms with Gasteiger partial charge < -0.3 is 15.3 Å². The minimum atomic E-state index is 0.372. The van der Waals surface area contributed by atoms with E-state index < -0.39 is 0 Å². The molecule has 2 aliphatic rings. The van der Waals surface area contributed by atoms with Crippen LogP contribution in [0.2, 0.25) is 0 Å². The molecule has 2 aliphatic heterocycles. The Kier molecular flexibility index (Phi) is 7.32. The van der Waals surface area contributed by atoms with Crippen LogP contribution in [0, 0.1) is 11.8 Å². The predicted molar refractivity (Wildman–Crippen MR) is 84.9 cm³/mol. The predicted octanol–water partition coefficient (Wildman–Crippen LogP) is 2.64. The van der Waals surface area contributed by atoms with E-state index in [4.69, 9.17) is 5.11 Å². The van der Waals surface area contributed by atoms with Gasteiger partial charge >= 0.3 is 0 Å². The third-order valence-electron chi connectivity index (χ3n) is 5.39.